The van der Waals surface area contributed by atoms with Crippen molar-refractivity contribution in [1.82, 2.24) is 5.32 Å². The molecule has 0 saturated carbocycles. The van der Waals surface area contributed by atoms with E-state index in [1.165, 1.54) is 17.7 Å². The Labute approximate surface area is 117 Å². The molecule has 1 unspecified atom stereocenters. The van der Waals surface area contributed by atoms with Crippen LogP contribution in [0.25, 0.3) is 0 Å². The first-order valence-electron chi connectivity index (χ1n) is 7.40. The van der Waals surface area contributed by atoms with Gasteiger partial charge in [0.05, 0.1) is 6.61 Å². The Kier molecular flexibility index (Phi) is 7.53. The van der Waals surface area contributed by atoms with Crippen LogP contribution in [0.1, 0.15) is 44.7 Å². The Balaban J connectivity index is 3.00. The fourth-order valence-corrected chi connectivity index (χ4v) is 2.47. The van der Waals surface area contributed by atoms with Gasteiger partial charge in [0.1, 0.15) is 0 Å². The summed E-state index contributed by atoms with van der Waals surface area (Å²) in [4.78, 5) is 2.30. The van der Waals surface area contributed by atoms with Gasteiger partial charge in [-0.05, 0) is 31.5 Å². The van der Waals surface area contributed by atoms with E-state index in [1.807, 2.05) is 7.05 Å². The number of nitrogens with one attached hydrogen (secondary N) is 1. The van der Waals surface area contributed by atoms with Crippen molar-refractivity contribution < 1.29 is 5.11 Å². The third kappa shape index (κ3) is 4.51. The van der Waals surface area contributed by atoms with E-state index in [-0.39, 0.29) is 6.61 Å². The van der Waals surface area contributed by atoms with E-state index in [0.29, 0.717) is 12.6 Å². The third-order valence-electron chi connectivity index (χ3n) is 3.56. The van der Waals surface area contributed by atoms with Crippen molar-refractivity contribution in [2.24, 2.45) is 0 Å². The molecule has 0 saturated heterocycles. The van der Waals surface area contributed by atoms with Crippen LogP contribution in [0.2, 0.25) is 0 Å². The summed E-state index contributed by atoms with van der Waals surface area (Å²) in [5, 5.41) is 12.7. The van der Waals surface area contributed by atoms with Gasteiger partial charge in [0, 0.05) is 24.8 Å². The maximum absolute atomic E-state index is 9.28. The fourth-order valence-electron chi connectivity index (χ4n) is 2.47. The summed E-state index contributed by atoms with van der Waals surface area (Å²) in [5.74, 6) is 0. The smallest absolute Gasteiger partial charge is 0.0606 e. The molecule has 0 bridgehead atoms. The highest BCUT2D eigenvalue weighted by Crippen LogP contribution is 2.28. The Morgan fingerprint density at radius 1 is 1.21 bits per heavy atom. The number of nitrogens with zero attached hydrogens (tertiary/aromatic N) is 1. The maximum Gasteiger partial charge on any atom is 0.0606 e. The number of aliphatic hydroxyl groups is 1. The minimum Gasteiger partial charge on any atom is -0.395 e. The molecule has 3 nitrogen and oxygen atoms in total. The number of aliphatic hydroxyl groups excluding tert-OH is 1. The van der Waals surface area contributed by atoms with Gasteiger partial charge in [0.15, 0.2) is 0 Å². The van der Waals surface area contributed by atoms with Gasteiger partial charge in [-0.15, -0.1) is 0 Å². The van der Waals surface area contributed by atoms with Gasteiger partial charge < -0.3 is 15.3 Å². The van der Waals surface area contributed by atoms with Gasteiger partial charge >= 0.3 is 0 Å². The minimum absolute atomic E-state index is 0.203. The molecule has 108 valence electrons. The first-order valence-corrected chi connectivity index (χ1v) is 7.40. The Hall–Kier alpha value is -1.06. The van der Waals surface area contributed by atoms with E-state index in [0.717, 1.165) is 19.4 Å². The van der Waals surface area contributed by atoms with Crippen LogP contribution in [-0.4, -0.2) is 31.9 Å². The standard InChI is InChI=1S/C16H28N2O/c1-4-6-11-18(12-13-19)16-10-8-7-9-14(16)15(5-2)17-3/h7-10,15,17,19H,4-6,11-13H2,1-3H3. The molecule has 1 aromatic rings. The molecule has 3 heteroatoms. The summed E-state index contributed by atoms with van der Waals surface area (Å²) >= 11 is 0. The number of hydrogen-bond donors (Lipinski definition) is 2. The molecule has 0 spiro atoms. The molecule has 0 radical (unpaired) electrons. The van der Waals surface area contributed by atoms with Crippen LogP contribution in [0.4, 0.5) is 5.69 Å². The molecule has 1 atom stereocenters. The molecule has 0 aliphatic carbocycles. The number of hydrogen-bond acceptors (Lipinski definition) is 3. The van der Waals surface area contributed by atoms with Crippen LogP contribution in [0, 0.1) is 0 Å². The molecule has 2 N–H and O–H groups in total. The van der Waals surface area contributed by atoms with Crippen LogP contribution in [0.15, 0.2) is 24.3 Å². The van der Waals surface area contributed by atoms with E-state index in [4.69, 9.17) is 0 Å². The SMILES string of the molecule is CCCCN(CCO)c1ccccc1C(CC)NC. The molecule has 1 rings (SSSR count). The topological polar surface area (TPSA) is 35.5 Å². The van der Waals surface area contributed by atoms with Crippen LogP contribution in [0.5, 0.6) is 0 Å². The summed E-state index contributed by atoms with van der Waals surface area (Å²) in [6, 6.07) is 8.91. The molecule has 0 aromatic heterocycles. The second-order valence-corrected chi connectivity index (χ2v) is 4.87. The van der Waals surface area contributed by atoms with E-state index in [9.17, 15) is 5.11 Å². The zero-order valence-corrected chi connectivity index (χ0v) is 12.5. The van der Waals surface area contributed by atoms with Gasteiger partial charge in [-0.3, -0.25) is 0 Å². The summed E-state index contributed by atoms with van der Waals surface area (Å²) in [6.07, 6.45) is 3.40. The first kappa shape index (κ1) is 16.0. The van der Waals surface area contributed by atoms with Gasteiger partial charge in [-0.1, -0.05) is 38.5 Å². The average molecular weight is 264 g/mol. The van der Waals surface area contributed by atoms with Crippen molar-refractivity contribution in [3.8, 4) is 0 Å². The number of rotatable bonds is 9. The Morgan fingerprint density at radius 2 is 1.95 bits per heavy atom. The van der Waals surface area contributed by atoms with E-state index >= 15 is 0 Å². The zero-order chi connectivity index (χ0) is 14.1. The highest BCUT2D eigenvalue weighted by Gasteiger charge is 2.15. The van der Waals surface area contributed by atoms with Gasteiger partial charge in [-0.25, -0.2) is 0 Å². The highest BCUT2D eigenvalue weighted by molar-refractivity contribution is 5.55. The second kappa shape index (κ2) is 8.94. The van der Waals surface area contributed by atoms with Crippen molar-refractivity contribution in [2.45, 2.75) is 39.2 Å². The van der Waals surface area contributed by atoms with Crippen molar-refractivity contribution in [1.29, 1.82) is 0 Å². The predicted molar refractivity (Wildman–Crippen MR) is 82.7 cm³/mol. The number of anilines is 1. The number of para-hydroxylation sites is 1. The molecular weight excluding hydrogens is 236 g/mol. The van der Waals surface area contributed by atoms with Crippen LogP contribution in [-0.2, 0) is 0 Å². The molecule has 0 aliphatic rings. The van der Waals surface area contributed by atoms with Crippen molar-refractivity contribution >= 4 is 5.69 Å². The Bertz CT molecular complexity index is 350. The number of benzene rings is 1. The molecular formula is C16H28N2O. The quantitative estimate of drug-likeness (QED) is 0.720. The normalized spacial score (nSPS) is 12.4. The number of unbranched alkanes of at least 4 members (excludes halogenated alkanes) is 1. The third-order valence-corrected chi connectivity index (χ3v) is 3.56. The largest absolute Gasteiger partial charge is 0.395 e. The van der Waals surface area contributed by atoms with E-state index in [1.54, 1.807) is 0 Å². The minimum atomic E-state index is 0.203. The van der Waals surface area contributed by atoms with E-state index < -0.39 is 0 Å². The lowest BCUT2D eigenvalue weighted by Crippen LogP contribution is -2.30. The monoisotopic (exact) mass is 264 g/mol. The predicted octanol–water partition coefficient (Wildman–Crippen LogP) is 2.96. The molecule has 0 fully saturated rings. The van der Waals surface area contributed by atoms with Crippen LogP contribution < -0.4 is 10.2 Å². The van der Waals surface area contributed by atoms with Crippen molar-refractivity contribution in [3.63, 3.8) is 0 Å². The molecule has 0 amide bonds. The average Bonchev–Trinajstić information content (AvgIpc) is 2.45. The summed E-state index contributed by atoms with van der Waals surface area (Å²) in [5.41, 5.74) is 2.59. The van der Waals surface area contributed by atoms with Gasteiger partial charge in [0.2, 0.25) is 0 Å². The highest BCUT2D eigenvalue weighted by atomic mass is 16.3. The lowest BCUT2D eigenvalue weighted by molar-refractivity contribution is 0.301. The van der Waals surface area contributed by atoms with Gasteiger partial charge in [-0.2, -0.15) is 0 Å². The second-order valence-electron chi connectivity index (χ2n) is 4.87. The molecule has 1 aromatic carbocycles. The summed E-state index contributed by atoms with van der Waals surface area (Å²) in [6.45, 7) is 6.31. The van der Waals surface area contributed by atoms with Crippen LogP contribution >= 0.6 is 0 Å². The summed E-state index contributed by atoms with van der Waals surface area (Å²) < 4.78 is 0. The lowest BCUT2D eigenvalue weighted by Gasteiger charge is -2.29. The van der Waals surface area contributed by atoms with E-state index in [2.05, 4.69) is 48.3 Å². The lowest BCUT2D eigenvalue weighted by atomic mass is 10.0. The first-order chi connectivity index (χ1) is 9.28. The molecule has 0 heterocycles. The van der Waals surface area contributed by atoms with Crippen LogP contribution in [0.3, 0.4) is 0 Å². The maximum atomic E-state index is 9.28. The molecule has 19 heavy (non-hydrogen) atoms. The Morgan fingerprint density at radius 3 is 2.53 bits per heavy atom. The van der Waals surface area contributed by atoms with Crippen molar-refractivity contribution in [3.05, 3.63) is 29.8 Å². The fraction of sp³-hybridized carbons (Fsp3) is 0.625. The molecule has 0 aliphatic heterocycles. The van der Waals surface area contributed by atoms with Gasteiger partial charge in [0.25, 0.3) is 0 Å². The van der Waals surface area contributed by atoms with Crippen molar-refractivity contribution in [2.75, 3.05) is 31.6 Å². The summed E-state index contributed by atoms with van der Waals surface area (Å²) in [7, 11) is 2.01. The zero-order valence-electron chi connectivity index (χ0n) is 12.5.